The highest BCUT2D eigenvalue weighted by Crippen LogP contribution is 2.31. The van der Waals surface area contributed by atoms with Gasteiger partial charge in [0.15, 0.2) is 0 Å². The fraction of sp³-hybridized carbons (Fsp3) is 0.0435. The molecule has 4 aromatic carbocycles. The van der Waals surface area contributed by atoms with Crippen LogP contribution in [0.25, 0.3) is 10.8 Å². The van der Waals surface area contributed by atoms with Gasteiger partial charge < -0.3 is 4.74 Å². The van der Waals surface area contributed by atoms with Gasteiger partial charge in [0.05, 0.1) is 23.4 Å². The van der Waals surface area contributed by atoms with E-state index in [0.717, 1.165) is 9.69 Å². The molecule has 4 rings (SSSR count). The Kier molecular flexibility index (Phi) is 5.98. The Bertz CT molecular complexity index is 1500. The van der Waals surface area contributed by atoms with Gasteiger partial charge in [0.2, 0.25) is 0 Å². The van der Waals surface area contributed by atoms with Gasteiger partial charge >= 0.3 is 10.3 Å². The summed E-state index contributed by atoms with van der Waals surface area (Å²) in [5.74, 6) is 0.521. The number of sulfonamides is 1. The lowest BCUT2D eigenvalue weighted by Crippen LogP contribution is -2.25. The zero-order valence-electron chi connectivity index (χ0n) is 17.4. The number of ether oxygens (including phenoxy) is 1. The average molecular weight is 485 g/mol. The van der Waals surface area contributed by atoms with Gasteiger partial charge in [0.1, 0.15) is 5.75 Å². The normalized spacial score (nSPS) is 11.8. The molecular weight excluding hydrogens is 464 g/mol. The van der Waals surface area contributed by atoms with Crippen molar-refractivity contribution in [1.29, 1.82) is 0 Å². The number of anilines is 3. The van der Waals surface area contributed by atoms with Crippen molar-refractivity contribution in [3.05, 3.63) is 91.0 Å². The van der Waals surface area contributed by atoms with Gasteiger partial charge in [-0.25, -0.2) is 12.7 Å². The topological polar surface area (TPSA) is 113 Å². The van der Waals surface area contributed by atoms with E-state index in [1.165, 1.54) is 49.6 Å². The Labute approximate surface area is 192 Å². The maximum absolute atomic E-state index is 13.0. The summed E-state index contributed by atoms with van der Waals surface area (Å²) in [6, 6.07) is 23.8. The second-order valence-electron chi connectivity index (χ2n) is 7.07. The zero-order valence-corrected chi connectivity index (χ0v) is 19.0. The number of fused-ring (bicyclic) bond motifs is 1. The van der Waals surface area contributed by atoms with E-state index in [-0.39, 0.29) is 22.0 Å². The lowest BCUT2D eigenvalue weighted by molar-refractivity contribution is 0.415. The first-order valence-electron chi connectivity index (χ1n) is 9.71. The number of rotatable bonds is 7. The molecular formula is C23H20N2O6S2. The van der Waals surface area contributed by atoms with E-state index in [1.54, 1.807) is 30.3 Å². The maximum Gasteiger partial charge on any atom is 0.364 e. The molecule has 0 unspecified atom stereocenters. The van der Waals surface area contributed by atoms with Crippen LogP contribution in [0.3, 0.4) is 0 Å². The Morgan fingerprint density at radius 3 is 1.94 bits per heavy atom. The number of nitrogens with zero attached hydrogens (tertiary/aromatic N) is 1. The maximum atomic E-state index is 13.0. The van der Waals surface area contributed by atoms with Gasteiger partial charge in [-0.05, 0) is 60.0 Å². The molecule has 0 amide bonds. The summed E-state index contributed by atoms with van der Waals surface area (Å²) in [6.45, 7) is 0. The minimum Gasteiger partial charge on any atom is -0.497 e. The van der Waals surface area contributed by atoms with Crippen LogP contribution in [0.2, 0.25) is 0 Å². The molecule has 0 heterocycles. The van der Waals surface area contributed by atoms with E-state index >= 15 is 0 Å². The van der Waals surface area contributed by atoms with Crippen LogP contribution < -0.4 is 13.8 Å². The van der Waals surface area contributed by atoms with Crippen LogP contribution in [0, 0.1) is 0 Å². The fourth-order valence-corrected chi connectivity index (χ4v) is 5.50. The van der Waals surface area contributed by atoms with E-state index in [4.69, 9.17) is 4.74 Å². The van der Waals surface area contributed by atoms with Crippen molar-refractivity contribution in [3.63, 3.8) is 0 Å². The van der Waals surface area contributed by atoms with Gasteiger partial charge in [-0.15, -0.1) is 0 Å². The molecule has 0 radical (unpaired) electrons. The third-order valence-electron chi connectivity index (χ3n) is 4.93. The Morgan fingerprint density at radius 2 is 1.33 bits per heavy atom. The van der Waals surface area contributed by atoms with Crippen molar-refractivity contribution < 1.29 is 26.1 Å². The van der Waals surface area contributed by atoms with Gasteiger partial charge in [0.25, 0.3) is 10.0 Å². The van der Waals surface area contributed by atoms with E-state index in [2.05, 4.69) is 4.72 Å². The largest absolute Gasteiger partial charge is 0.497 e. The predicted octanol–water partition coefficient (Wildman–Crippen LogP) is 4.59. The lowest BCUT2D eigenvalue weighted by Gasteiger charge is -2.21. The summed E-state index contributed by atoms with van der Waals surface area (Å²) in [7, 11) is -7.08. The average Bonchev–Trinajstić information content (AvgIpc) is 2.79. The number of benzene rings is 4. The number of methoxy groups -OCH3 is 1. The number of nitrogens with one attached hydrogen (secondary N) is 1. The van der Waals surface area contributed by atoms with E-state index < -0.39 is 20.3 Å². The molecule has 0 aliphatic carbocycles. The summed E-state index contributed by atoms with van der Waals surface area (Å²) in [5.41, 5.74) is 0.537. The number of hydrogen-bond acceptors (Lipinski definition) is 5. The zero-order chi connectivity index (χ0) is 23.6. The van der Waals surface area contributed by atoms with Crippen molar-refractivity contribution in [1.82, 2.24) is 0 Å². The summed E-state index contributed by atoms with van der Waals surface area (Å²) in [5, 5.41) is 1.38. The van der Waals surface area contributed by atoms with Crippen LogP contribution in [-0.2, 0) is 20.3 Å². The molecule has 0 saturated carbocycles. The highest BCUT2D eigenvalue weighted by atomic mass is 32.2. The Balaban J connectivity index is 1.65. The molecule has 0 aliphatic heterocycles. The lowest BCUT2D eigenvalue weighted by atomic mass is 10.1. The van der Waals surface area contributed by atoms with Crippen LogP contribution in [0.5, 0.6) is 5.75 Å². The quantitative estimate of drug-likeness (QED) is 0.371. The molecule has 0 aliphatic rings. The minimum atomic E-state index is -4.65. The second kappa shape index (κ2) is 8.74. The molecule has 8 nitrogen and oxygen atoms in total. The summed E-state index contributed by atoms with van der Waals surface area (Å²) in [6.07, 6.45) is 0. The molecule has 0 spiro atoms. The molecule has 4 aromatic rings. The molecule has 0 fully saturated rings. The van der Waals surface area contributed by atoms with E-state index in [1.807, 2.05) is 18.2 Å². The Hall–Kier alpha value is -3.60. The van der Waals surface area contributed by atoms with Gasteiger partial charge in [0, 0.05) is 11.1 Å². The van der Waals surface area contributed by atoms with E-state index in [0.29, 0.717) is 11.1 Å². The van der Waals surface area contributed by atoms with Crippen molar-refractivity contribution in [2.24, 2.45) is 0 Å². The molecule has 0 atom stereocenters. The number of hydrogen-bond donors (Lipinski definition) is 2. The smallest absolute Gasteiger partial charge is 0.364 e. The fourth-order valence-electron chi connectivity index (χ4n) is 3.44. The third kappa shape index (κ3) is 4.77. The molecule has 0 saturated heterocycles. The first-order valence-corrected chi connectivity index (χ1v) is 12.6. The Morgan fingerprint density at radius 1 is 0.758 bits per heavy atom. The van der Waals surface area contributed by atoms with Crippen LogP contribution in [0.4, 0.5) is 17.1 Å². The van der Waals surface area contributed by atoms with Crippen molar-refractivity contribution in [2.45, 2.75) is 4.90 Å². The van der Waals surface area contributed by atoms with Crippen molar-refractivity contribution in [3.8, 4) is 5.75 Å². The molecule has 170 valence electrons. The summed E-state index contributed by atoms with van der Waals surface area (Å²) >= 11 is 0. The van der Waals surface area contributed by atoms with Crippen LogP contribution in [0.15, 0.2) is 95.9 Å². The highest BCUT2D eigenvalue weighted by molar-refractivity contribution is 7.93. The molecule has 2 N–H and O–H groups in total. The molecule has 0 aromatic heterocycles. The third-order valence-corrected chi connectivity index (χ3v) is 7.25. The predicted molar refractivity (Wildman–Crippen MR) is 128 cm³/mol. The van der Waals surface area contributed by atoms with Gasteiger partial charge in [-0.3, -0.25) is 9.27 Å². The second-order valence-corrected chi connectivity index (χ2v) is 9.98. The SMILES string of the molecule is COc1ccc(N(c2ccc(NS(=O)(=O)c3cccc4ccccc34)cc2)S(=O)(=O)O)cc1. The van der Waals surface area contributed by atoms with Crippen LogP contribution >= 0.6 is 0 Å². The first kappa shape index (κ1) is 22.6. The van der Waals surface area contributed by atoms with Crippen LogP contribution in [0.1, 0.15) is 0 Å². The monoisotopic (exact) mass is 484 g/mol. The van der Waals surface area contributed by atoms with Crippen LogP contribution in [-0.4, -0.2) is 28.5 Å². The summed E-state index contributed by atoms with van der Waals surface area (Å²) < 4.78 is 68.2. The molecule has 10 heteroatoms. The molecule has 0 bridgehead atoms. The molecule has 33 heavy (non-hydrogen) atoms. The summed E-state index contributed by atoms with van der Waals surface area (Å²) in [4.78, 5) is 0.127. The highest BCUT2D eigenvalue weighted by Gasteiger charge is 2.23. The standard InChI is InChI=1S/C23H20N2O6S2/c1-31-21-15-13-20(14-16-21)25(33(28,29)30)19-11-9-18(10-12-19)24-32(26,27)23-8-4-6-17-5-2-3-7-22(17)23/h2-16,24H,1H3,(H,28,29,30). The van der Waals surface area contributed by atoms with Crippen molar-refractivity contribution in [2.75, 3.05) is 16.1 Å². The van der Waals surface area contributed by atoms with Gasteiger partial charge in [-0.1, -0.05) is 36.4 Å². The van der Waals surface area contributed by atoms with E-state index in [9.17, 15) is 21.4 Å². The first-order chi connectivity index (χ1) is 15.7. The van der Waals surface area contributed by atoms with Gasteiger partial charge in [-0.2, -0.15) is 8.42 Å². The minimum absolute atomic E-state index is 0.121. The van der Waals surface area contributed by atoms with Crippen molar-refractivity contribution >= 4 is 48.2 Å².